The van der Waals surface area contributed by atoms with Crippen molar-refractivity contribution in [3.63, 3.8) is 0 Å². The zero-order valence-electron chi connectivity index (χ0n) is 9.61. The van der Waals surface area contributed by atoms with Gasteiger partial charge in [-0.25, -0.2) is 0 Å². The van der Waals surface area contributed by atoms with E-state index in [9.17, 15) is 4.79 Å². The standard InChI is InChI=1S/C12H15ClO4/c1-16-12(15)3-2-6-17-11-5-4-9(8-14)7-10(11)13/h4-5,7,14H,2-3,6,8H2,1H3. The van der Waals surface area contributed by atoms with Crippen LogP contribution in [0.4, 0.5) is 0 Å². The lowest BCUT2D eigenvalue weighted by atomic mass is 10.2. The second-order valence-electron chi connectivity index (χ2n) is 3.45. The van der Waals surface area contributed by atoms with Gasteiger partial charge in [0.1, 0.15) is 5.75 Å². The molecule has 0 heterocycles. The minimum absolute atomic E-state index is 0.0532. The molecule has 0 atom stereocenters. The summed E-state index contributed by atoms with van der Waals surface area (Å²) in [4.78, 5) is 10.8. The van der Waals surface area contributed by atoms with E-state index in [0.29, 0.717) is 30.2 Å². The van der Waals surface area contributed by atoms with Gasteiger partial charge in [-0.3, -0.25) is 4.79 Å². The highest BCUT2D eigenvalue weighted by Gasteiger charge is 2.04. The molecular formula is C12H15ClO4. The predicted molar refractivity (Wildman–Crippen MR) is 64.1 cm³/mol. The van der Waals surface area contributed by atoms with E-state index in [1.165, 1.54) is 7.11 Å². The Balaban J connectivity index is 2.39. The van der Waals surface area contributed by atoms with E-state index in [1.54, 1.807) is 18.2 Å². The molecule has 0 aliphatic rings. The first kappa shape index (κ1) is 13.8. The van der Waals surface area contributed by atoms with E-state index in [0.717, 1.165) is 5.56 Å². The number of hydrogen-bond acceptors (Lipinski definition) is 4. The van der Waals surface area contributed by atoms with Gasteiger partial charge in [0, 0.05) is 6.42 Å². The Morgan fingerprint density at radius 2 is 2.24 bits per heavy atom. The van der Waals surface area contributed by atoms with Gasteiger partial charge in [0.25, 0.3) is 0 Å². The van der Waals surface area contributed by atoms with Gasteiger partial charge < -0.3 is 14.6 Å². The highest BCUT2D eigenvalue weighted by molar-refractivity contribution is 6.32. The number of aliphatic hydroxyl groups excluding tert-OH is 1. The Hall–Kier alpha value is -1.26. The number of halogens is 1. The molecule has 5 heteroatoms. The van der Waals surface area contributed by atoms with Gasteiger partial charge in [0.15, 0.2) is 0 Å². The molecule has 0 saturated carbocycles. The van der Waals surface area contributed by atoms with Crippen LogP contribution in [-0.2, 0) is 16.1 Å². The van der Waals surface area contributed by atoms with E-state index in [1.807, 2.05) is 0 Å². The van der Waals surface area contributed by atoms with Gasteiger partial charge in [-0.1, -0.05) is 17.7 Å². The summed E-state index contributed by atoms with van der Waals surface area (Å²) in [6.45, 7) is 0.343. The van der Waals surface area contributed by atoms with Crippen molar-refractivity contribution in [2.75, 3.05) is 13.7 Å². The van der Waals surface area contributed by atoms with E-state index >= 15 is 0 Å². The van der Waals surface area contributed by atoms with Gasteiger partial charge in [0.2, 0.25) is 0 Å². The molecule has 0 spiro atoms. The molecule has 0 unspecified atom stereocenters. The smallest absolute Gasteiger partial charge is 0.305 e. The van der Waals surface area contributed by atoms with Crippen LogP contribution in [0.15, 0.2) is 18.2 Å². The molecule has 1 aromatic carbocycles. The largest absolute Gasteiger partial charge is 0.492 e. The monoisotopic (exact) mass is 258 g/mol. The molecule has 1 N–H and O–H groups in total. The molecule has 0 radical (unpaired) electrons. The average molecular weight is 259 g/mol. The van der Waals surface area contributed by atoms with Crippen molar-refractivity contribution in [2.45, 2.75) is 19.4 Å². The Labute approximate surface area is 105 Å². The summed E-state index contributed by atoms with van der Waals surface area (Å²) >= 11 is 5.95. The molecule has 17 heavy (non-hydrogen) atoms. The summed E-state index contributed by atoms with van der Waals surface area (Å²) in [6, 6.07) is 5.09. The van der Waals surface area contributed by atoms with Gasteiger partial charge >= 0.3 is 5.97 Å². The summed E-state index contributed by atoms with van der Waals surface area (Å²) < 4.78 is 9.92. The van der Waals surface area contributed by atoms with E-state index in [2.05, 4.69) is 4.74 Å². The fourth-order valence-electron chi connectivity index (χ4n) is 1.26. The quantitative estimate of drug-likeness (QED) is 0.628. The molecule has 1 aromatic rings. The van der Waals surface area contributed by atoms with Crippen LogP contribution in [0.3, 0.4) is 0 Å². The van der Waals surface area contributed by atoms with Gasteiger partial charge in [0.05, 0.1) is 25.3 Å². The Bertz CT molecular complexity index is 379. The summed E-state index contributed by atoms with van der Waals surface area (Å²) in [5.41, 5.74) is 0.733. The first-order chi connectivity index (χ1) is 8.17. The fraction of sp³-hybridized carbons (Fsp3) is 0.417. The van der Waals surface area contributed by atoms with E-state index in [4.69, 9.17) is 21.4 Å². The number of aliphatic hydroxyl groups is 1. The zero-order chi connectivity index (χ0) is 12.7. The average Bonchev–Trinajstić information content (AvgIpc) is 2.35. The Morgan fingerprint density at radius 1 is 1.47 bits per heavy atom. The first-order valence-electron chi connectivity index (χ1n) is 5.26. The molecule has 0 amide bonds. The minimum atomic E-state index is -0.254. The van der Waals surface area contributed by atoms with E-state index < -0.39 is 0 Å². The molecular weight excluding hydrogens is 244 g/mol. The molecule has 0 fully saturated rings. The predicted octanol–water partition coefficient (Wildman–Crippen LogP) is 2.16. The lowest BCUT2D eigenvalue weighted by Gasteiger charge is -2.08. The van der Waals surface area contributed by atoms with Gasteiger partial charge in [-0.15, -0.1) is 0 Å². The van der Waals surface area contributed by atoms with Crippen molar-refractivity contribution in [3.05, 3.63) is 28.8 Å². The Morgan fingerprint density at radius 3 is 2.82 bits per heavy atom. The zero-order valence-corrected chi connectivity index (χ0v) is 10.4. The third-order valence-corrected chi connectivity index (χ3v) is 2.48. The molecule has 0 aromatic heterocycles. The maximum Gasteiger partial charge on any atom is 0.305 e. The molecule has 0 saturated heterocycles. The summed E-state index contributed by atoms with van der Waals surface area (Å²) in [7, 11) is 1.35. The van der Waals surface area contributed by atoms with Gasteiger partial charge in [-0.2, -0.15) is 0 Å². The summed E-state index contributed by atoms with van der Waals surface area (Å²) in [5.74, 6) is 0.295. The molecule has 94 valence electrons. The highest BCUT2D eigenvalue weighted by Crippen LogP contribution is 2.25. The highest BCUT2D eigenvalue weighted by atomic mass is 35.5. The number of methoxy groups -OCH3 is 1. The molecule has 0 bridgehead atoms. The van der Waals surface area contributed by atoms with E-state index in [-0.39, 0.29) is 12.6 Å². The van der Waals surface area contributed by atoms with Crippen LogP contribution in [-0.4, -0.2) is 24.8 Å². The number of carbonyl (C=O) groups is 1. The first-order valence-corrected chi connectivity index (χ1v) is 5.64. The topological polar surface area (TPSA) is 55.8 Å². The maximum atomic E-state index is 10.8. The number of esters is 1. The van der Waals surface area contributed by atoms with Crippen LogP contribution in [0.25, 0.3) is 0 Å². The third kappa shape index (κ3) is 4.63. The molecule has 0 aliphatic carbocycles. The number of ether oxygens (including phenoxy) is 2. The van der Waals surface area contributed by atoms with Crippen molar-refractivity contribution >= 4 is 17.6 Å². The number of hydrogen-bond donors (Lipinski definition) is 1. The number of carbonyl (C=O) groups excluding carboxylic acids is 1. The second-order valence-corrected chi connectivity index (χ2v) is 3.86. The van der Waals surface area contributed by atoms with Crippen LogP contribution in [0.2, 0.25) is 5.02 Å². The van der Waals surface area contributed by atoms with Crippen LogP contribution < -0.4 is 4.74 Å². The van der Waals surface area contributed by atoms with Crippen LogP contribution in [0.1, 0.15) is 18.4 Å². The molecule has 4 nitrogen and oxygen atoms in total. The van der Waals surface area contributed by atoms with Crippen molar-refractivity contribution in [1.82, 2.24) is 0 Å². The normalized spacial score (nSPS) is 10.1. The van der Waals surface area contributed by atoms with Gasteiger partial charge in [-0.05, 0) is 24.1 Å². The summed E-state index contributed by atoms with van der Waals surface area (Å²) in [6.07, 6.45) is 0.896. The molecule has 1 rings (SSSR count). The SMILES string of the molecule is COC(=O)CCCOc1ccc(CO)cc1Cl. The van der Waals surface area contributed by atoms with Crippen molar-refractivity contribution in [2.24, 2.45) is 0 Å². The minimum Gasteiger partial charge on any atom is -0.492 e. The van der Waals surface area contributed by atoms with Crippen LogP contribution in [0.5, 0.6) is 5.75 Å². The Kier molecular flexibility index (Phi) is 5.80. The van der Waals surface area contributed by atoms with Crippen LogP contribution in [0, 0.1) is 0 Å². The molecule has 0 aliphatic heterocycles. The lowest BCUT2D eigenvalue weighted by Crippen LogP contribution is -2.04. The van der Waals surface area contributed by atoms with Crippen molar-refractivity contribution in [3.8, 4) is 5.75 Å². The van der Waals surface area contributed by atoms with Crippen molar-refractivity contribution < 1.29 is 19.4 Å². The maximum absolute atomic E-state index is 10.8. The number of benzene rings is 1. The number of rotatable bonds is 6. The fourth-order valence-corrected chi connectivity index (χ4v) is 1.52. The second kappa shape index (κ2) is 7.14. The summed E-state index contributed by atoms with van der Waals surface area (Å²) in [5, 5.41) is 9.36. The lowest BCUT2D eigenvalue weighted by molar-refractivity contribution is -0.140. The third-order valence-electron chi connectivity index (χ3n) is 2.19. The van der Waals surface area contributed by atoms with Crippen molar-refractivity contribution in [1.29, 1.82) is 0 Å². The van der Waals surface area contributed by atoms with Crippen LogP contribution >= 0.6 is 11.6 Å².